The lowest BCUT2D eigenvalue weighted by molar-refractivity contribution is 0.0938. The van der Waals surface area contributed by atoms with Gasteiger partial charge in [-0.05, 0) is 50.6 Å². The number of amides is 1. The van der Waals surface area contributed by atoms with Crippen LogP contribution in [-0.2, 0) is 6.54 Å². The Morgan fingerprint density at radius 1 is 1.07 bits per heavy atom. The molecule has 0 radical (unpaired) electrons. The van der Waals surface area contributed by atoms with E-state index in [9.17, 15) is 4.79 Å². The third kappa shape index (κ3) is 5.33. The minimum atomic E-state index is -0.212. The Morgan fingerprint density at radius 3 is 2.38 bits per heavy atom. The molecule has 1 amide bonds. The average Bonchev–Trinajstić information content (AvgIpc) is 3.23. The van der Waals surface area contributed by atoms with Crippen molar-refractivity contribution in [1.29, 1.82) is 0 Å². The number of hydrogen-bond acceptors (Lipinski definition) is 3. The second kappa shape index (κ2) is 9.52. The van der Waals surface area contributed by atoms with Crippen molar-refractivity contribution in [1.82, 2.24) is 20.2 Å². The number of rotatable bonds is 8. The van der Waals surface area contributed by atoms with Crippen LogP contribution in [0.25, 0.3) is 11.3 Å². The van der Waals surface area contributed by atoms with Crippen molar-refractivity contribution in [2.75, 3.05) is 6.54 Å². The molecule has 5 heteroatoms. The zero-order valence-corrected chi connectivity index (χ0v) is 17.6. The first kappa shape index (κ1) is 20.8. The molecule has 2 aromatic carbocycles. The van der Waals surface area contributed by atoms with Gasteiger partial charge in [0, 0.05) is 18.2 Å². The van der Waals surface area contributed by atoms with Gasteiger partial charge >= 0.3 is 0 Å². The molecule has 1 aromatic heterocycles. The molecule has 0 bridgehead atoms. The van der Waals surface area contributed by atoms with Gasteiger partial charge in [-0.15, -0.1) is 0 Å². The topological polar surface area (TPSA) is 61.0 Å². The fraction of sp³-hybridized carbons (Fsp3) is 0.333. The van der Waals surface area contributed by atoms with Crippen LogP contribution in [-0.4, -0.2) is 33.4 Å². The van der Waals surface area contributed by atoms with Crippen molar-refractivity contribution in [2.24, 2.45) is 0 Å². The zero-order valence-electron chi connectivity index (χ0n) is 17.6. The van der Waals surface area contributed by atoms with Crippen LogP contribution >= 0.6 is 0 Å². The van der Waals surface area contributed by atoms with E-state index in [2.05, 4.69) is 41.0 Å². The molecule has 1 heterocycles. The summed E-state index contributed by atoms with van der Waals surface area (Å²) in [6.07, 6.45) is 1.80. The predicted octanol–water partition coefficient (Wildman–Crippen LogP) is 4.80. The number of carbonyl (C=O) groups is 1. The van der Waals surface area contributed by atoms with Crippen LogP contribution in [0.5, 0.6) is 0 Å². The van der Waals surface area contributed by atoms with Crippen LogP contribution in [0.3, 0.4) is 0 Å². The molecule has 2 N–H and O–H groups in total. The van der Waals surface area contributed by atoms with Crippen molar-refractivity contribution in [3.05, 3.63) is 77.7 Å². The minimum Gasteiger partial charge on any atom is -0.342 e. The Hall–Kier alpha value is -2.92. The number of benzene rings is 2. The van der Waals surface area contributed by atoms with Crippen LogP contribution in [0.1, 0.15) is 55.5 Å². The van der Waals surface area contributed by atoms with E-state index in [1.807, 2.05) is 61.5 Å². The first-order chi connectivity index (χ1) is 14.0. The van der Waals surface area contributed by atoms with Crippen LogP contribution in [0.2, 0.25) is 0 Å². The lowest BCUT2D eigenvalue weighted by atomic mass is 10.1. The number of imidazole rings is 1. The fourth-order valence-corrected chi connectivity index (χ4v) is 3.32. The molecule has 0 aliphatic carbocycles. The molecule has 0 aliphatic heterocycles. The van der Waals surface area contributed by atoms with Gasteiger partial charge in [0.15, 0.2) is 0 Å². The van der Waals surface area contributed by atoms with Gasteiger partial charge < -0.3 is 10.3 Å². The summed E-state index contributed by atoms with van der Waals surface area (Å²) in [6.45, 7) is 10.4. The highest BCUT2D eigenvalue weighted by molar-refractivity contribution is 5.94. The van der Waals surface area contributed by atoms with Gasteiger partial charge in [-0.25, -0.2) is 4.98 Å². The van der Waals surface area contributed by atoms with E-state index in [0.29, 0.717) is 11.6 Å². The Morgan fingerprint density at radius 2 is 1.76 bits per heavy atom. The molecule has 29 heavy (non-hydrogen) atoms. The molecule has 3 rings (SSSR count). The summed E-state index contributed by atoms with van der Waals surface area (Å²) < 4.78 is 0. The molecule has 152 valence electrons. The van der Waals surface area contributed by atoms with E-state index in [-0.39, 0.29) is 11.9 Å². The Labute approximate surface area is 173 Å². The number of nitrogens with zero attached hydrogens (tertiary/aromatic N) is 2. The maximum Gasteiger partial charge on any atom is 0.251 e. The fourth-order valence-electron chi connectivity index (χ4n) is 3.32. The first-order valence-corrected chi connectivity index (χ1v) is 10.2. The Kier molecular flexibility index (Phi) is 6.83. The standard InChI is InChI=1S/C24H30N4O/c1-5-28(17(2)3)16-19-11-13-21(14-12-19)24(29)26-18(4)23-25-15-22(27-23)20-9-7-6-8-10-20/h6-15,17-18H,5,16H2,1-4H3,(H,25,27)(H,26,29). The molecular weight excluding hydrogens is 360 g/mol. The number of aromatic nitrogens is 2. The predicted molar refractivity (Wildman–Crippen MR) is 118 cm³/mol. The van der Waals surface area contributed by atoms with Gasteiger partial charge in [0.1, 0.15) is 5.82 Å². The van der Waals surface area contributed by atoms with Crippen LogP contribution < -0.4 is 5.32 Å². The summed E-state index contributed by atoms with van der Waals surface area (Å²) in [5.41, 5.74) is 3.88. The monoisotopic (exact) mass is 390 g/mol. The van der Waals surface area contributed by atoms with Gasteiger partial charge in [0.05, 0.1) is 17.9 Å². The summed E-state index contributed by atoms with van der Waals surface area (Å²) in [5, 5.41) is 3.02. The molecule has 0 spiro atoms. The molecule has 0 saturated heterocycles. The highest BCUT2D eigenvalue weighted by Crippen LogP contribution is 2.19. The summed E-state index contributed by atoms with van der Waals surface area (Å²) in [5.74, 6) is 0.641. The molecular formula is C24H30N4O. The Balaban J connectivity index is 1.62. The summed E-state index contributed by atoms with van der Waals surface area (Å²) >= 11 is 0. The molecule has 1 atom stereocenters. The highest BCUT2D eigenvalue weighted by atomic mass is 16.1. The normalized spacial score (nSPS) is 12.3. The first-order valence-electron chi connectivity index (χ1n) is 10.2. The van der Waals surface area contributed by atoms with Gasteiger partial charge in [0.2, 0.25) is 0 Å². The lowest BCUT2D eigenvalue weighted by Crippen LogP contribution is -2.30. The van der Waals surface area contributed by atoms with Crippen molar-refractivity contribution in [3.8, 4) is 11.3 Å². The van der Waals surface area contributed by atoms with Gasteiger partial charge in [-0.2, -0.15) is 0 Å². The van der Waals surface area contributed by atoms with Crippen molar-refractivity contribution < 1.29 is 4.79 Å². The second-order valence-electron chi connectivity index (χ2n) is 7.60. The molecule has 0 fully saturated rings. The maximum absolute atomic E-state index is 12.6. The minimum absolute atomic E-state index is 0.0991. The van der Waals surface area contributed by atoms with E-state index < -0.39 is 0 Å². The van der Waals surface area contributed by atoms with E-state index in [1.165, 1.54) is 5.56 Å². The van der Waals surface area contributed by atoms with Gasteiger partial charge in [0.25, 0.3) is 5.91 Å². The van der Waals surface area contributed by atoms with Crippen molar-refractivity contribution in [3.63, 3.8) is 0 Å². The summed E-state index contributed by atoms with van der Waals surface area (Å²) in [4.78, 5) is 22.8. The quantitative estimate of drug-likeness (QED) is 0.581. The smallest absolute Gasteiger partial charge is 0.251 e. The largest absolute Gasteiger partial charge is 0.342 e. The zero-order chi connectivity index (χ0) is 20.8. The van der Waals surface area contributed by atoms with Crippen LogP contribution in [0, 0.1) is 0 Å². The third-order valence-corrected chi connectivity index (χ3v) is 5.18. The number of carbonyl (C=O) groups excluding carboxylic acids is 1. The van der Waals surface area contributed by atoms with Crippen LogP contribution in [0.15, 0.2) is 60.8 Å². The number of H-pyrrole nitrogens is 1. The molecule has 1 unspecified atom stereocenters. The third-order valence-electron chi connectivity index (χ3n) is 5.18. The number of hydrogen-bond donors (Lipinski definition) is 2. The van der Waals surface area contributed by atoms with Crippen molar-refractivity contribution in [2.45, 2.75) is 46.3 Å². The van der Waals surface area contributed by atoms with E-state index >= 15 is 0 Å². The van der Waals surface area contributed by atoms with Gasteiger partial charge in [-0.1, -0.05) is 49.4 Å². The summed E-state index contributed by atoms with van der Waals surface area (Å²) in [6, 6.07) is 18.2. The SMILES string of the molecule is CCN(Cc1ccc(C(=O)NC(C)c2ncc(-c3ccccc3)[nH]2)cc1)C(C)C. The second-order valence-corrected chi connectivity index (χ2v) is 7.60. The molecule has 0 aliphatic rings. The molecule has 5 nitrogen and oxygen atoms in total. The number of aromatic amines is 1. The summed E-state index contributed by atoms with van der Waals surface area (Å²) in [7, 11) is 0. The number of nitrogens with one attached hydrogen (secondary N) is 2. The molecule has 3 aromatic rings. The molecule has 0 saturated carbocycles. The highest BCUT2D eigenvalue weighted by Gasteiger charge is 2.15. The van der Waals surface area contributed by atoms with Gasteiger partial charge in [-0.3, -0.25) is 9.69 Å². The maximum atomic E-state index is 12.6. The van der Waals surface area contributed by atoms with E-state index in [1.54, 1.807) is 6.20 Å². The average molecular weight is 391 g/mol. The van der Waals surface area contributed by atoms with E-state index in [4.69, 9.17) is 0 Å². The Bertz CT molecular complexity index is 916. The van der Waals surface area contributed by atoms with Crippen LogP contribution in [0.4, 0.5) is 0 Å². The van der Waals surface area contributed by atoms with Crippen molar-refractivity contribution >= 4 is 5.91 Å². The lowest BCUT2D eigenvalue weighted by Gasteiger charge is -2.24. The van der Waals surface area contributed by atoms with E-state index in [0.717, 1.165) is 30.2 Å².